The van der Waals surface area contributed by atoms with Crippen LogP contribution in [0, 0.1) is 0 Å². The molecule has 0 fully saturated rings. The summed E-state index contributed by atoms with van der Waals surface area (Å²) in [4.78, 5) is 0. The second kappa shape index (κ2) is 7.72. The van der Waals surface area contributed by atoms with E-state index in [0.717, 1.165) is 23.2 Å². The zero-order valence-corrected chi connectivity index (χ0v) is 12.8. The van der Waals surface area contributed by atoms with E-state index in [0.29, 0.717) is 13.2 Å². The third kappa shape index (κ3) is 8.59. The van der Waals surface area contributed by atoms with Crippen LogP contribution >= 0.6 is 18.2 Å². The molecule has 0 spiro atoms. The van der Waals surface area contributed by atoms with Gasteiger partial charge in [-0.3, -0.25) is 0 Å². The monoisotopic (exact) mass is 270 g/mol. The van der Waals surface area contributed by atoms with Crippen molar-refractivity contribution < 1.29 is 18.1 Å². The van der Waals surface area contributed by atoms with Crippen molar-refractivity contribution in [2.24, 2.45) is 0 Å². The average Bonchev–Trinajstić information content (AvgIpc) is 2.12. The van der Waals surface area contributed by atoms with Gasteiger partial charge in [0.1, 0.15) is 0 Å². The summed E-state index contributed by atoms with van der Waals surface area (Å²) in [5.41, 5.74) is 0. The van der Waals surface area contributed by atoms with Gasteiger partial charge in [-0.05, 0) is 25.2 Å². The predicted molar refractivity (Wildman–Crippen MR) is 70.8 cm³/mol. The van der Waals surface area contributed by atoms with Crippen LogP contribution in [0.3, 0.4) is 0 Å². The molecule has 0 aromatic heterocycles. The Morgan fingerprint density at radius 2 is 1.62 bits per heavy atom. The van der Waals surface area contributed by atoms with Crippen molar-refractivity contribution in [3.8, 4) is 0 Å². The third-order valence-corrected chi connectivity index (χ3v) is 5.86. The molecule has 0 amide bonds. The molecule has 0 aliphatic heterocycles. The van der Waals surface area contributed by atoms with Gasteiger partial charge in [0.05, 0.1) is 40.9 Å². The zero-order valence-electron chi connectivity index (χ0n) is 11.1. The van der Waals surface area contributed by atoms with E-state index in [2.05, 4.69) is 21.1 Å². The van der Waals surface area contributed by atoms with E-state index >= 15 is 0 Å². The largest absolute Gasteiger partial charge is 0.389 e. The van der Waals surface area contributed by atoms with Crippen molar-refractivity contribution in [1.82, 2.24) is 0 Å². The minimum atomic E-state index is -2.89. The molecule has 0 saturated heterocycles. The lowest BCUT2D eigenvalue weighted by Gasteiger charge is -2.24. The molecular weight excluding hydrogens is 245 g/mol. The molecule has 0 radical (unpaired) electrons. The smallest absolute Gasteiger partial charge is 0.331 e. The van der Waals surface area contributed by atoms with Crippen molar-refractivity contribution in [2.75, 3.05) is 46.7 Å². The third-order valence-electron chi connectivity index (χ3n) is 1.80. The first-order valence-corrected chi connectivity index (χ1v) is 8.80. The number of hydrogen-bond acceptors (Lipinski definition) is 4. The fraction of sp³-hybridized carbons (Fsp3) is 1.00. The van der Waals surface area contributed by atoms with Gasteiger partial charge in [-0.25, -0.2) is 4.57 Å². The van der Waals surface area contributed by atoms with Gasteiger partial charge >= 0.3 is 6.80 Å². The highest BCUT2D eigenvalue weighted by Crippen LogP contribution is 2.60. The summed E-state index contributed by atoms with van der Waals surface area (Å²) >= 11 is 1.31. The maximum absolute atomic E-state index is 12.1. The summed E-state index contributed by atoms with van der Waals surface area (Å²) in [6.07, 6.45) is 1.01. The first kappa shape index (κ1) is 16.5. The highest BCUT2D eigenvalue weighted by Gasteiger charge is 2.24. The standard InChI is InChI=1S/C10H25NO3PS/c1-6-13-15(12,14-7-2)16-10-8-9-11(3,4)5/h6-10H2,1-5H3/q+1. The quantitative estimate of drug-likeness (QED) is 0.366. The highest BCUT2D eigenvalue weighted by molar-refractivity contribution is 8.55. The molecule has 6 heteroatoms. The second-order valence-electron chi connectivity index (χ2n) is 4.48. The Hall–Kier alpha value is 0.460. The first-order chi connectivity index (χ1) is 7.33. The maximum atomic E-state index is 12.1. The molecule has 0 unspecified atom stereocenters. The van der Waals surface area contributed by atoms with Crippen molar-refractivity contribution in [3.05, 3.63) is 0 Å². The van der Waals surface area contributed by atoms with Crippen LogP contribution in [0.25, 0.3) is 0 Å². The van der Waals surface area contributed by atoms with E-state index in [-0.39, 0.29) is 0 Å². The molecule has 0 aromatic carbocycles. The number of nitrogens with zero attached hydrogens (tertiary/aromatic N) is 1. The number of quaternary nitrogens is 1. The lowest BCUT2D eigenvalue weighted by atomic mass is 10.4. The van der Waals surface area contributed by atoms with Gasteiger partial charge < -0.3 is 13.5 Å². The van der Waals surface area contributed by atoms with Crippen LogP contribution in [0.5, 0.6) is 0 Å². The van der Waals surface area contributed by atoms with Crippen molar-refractivity contribution in [1.29, 1.82) is 0 Å². The van der Waals surface area contributed by atoms with Crippen molar-refractivity contribution in [2.45, 2.75) is 20.3 Å². The molecule has 0 rings (SSSR count). The van der Waals surface area contributed by atoms with Crippen molar-refractivity contribution in [3.63, 3.8) is 0 Å². The SMILES string of the molecule is CCOP(=O)(OCC)SCCC[N+](C)(C)C. The van der Waals surface area contributed by atoms with Crippen LogP contribution in [0.1, 0.15) is 20.3 Å². The second-order valence-corrected chi connectivity index (χ2v) is 8.68. The Bertz CT molecular complexity index is 221. The number of rotatable bonds is 9. The summed E-state index contributed by atoms with van der Waals surface area (Å²) in [6, 6.07) is 0. The summed E-state index contributed by atoms with van der Waals surface area (Å²) < 4.78 is 23.4. The van der Waals surface area contributed by atoms with Crippen molar-refractivity contribution >= 4 is 18.2 Å². The topological polar surface area (TPSA) is 35.5 Å². The van der Waals surface area contributed by atoms with Gasteiger partial charge in [0.15, 0.2) is 0 Å². The fourth-order valence-corrected chi connectivity index (χ4v) is 4.62. The Kier molecular flexibility index (Phi) is 7.94. The lowest BCUT2D eigenvalue weighted by molar-refractivity contribution is -0.870. The van der Waals surface area contributed by atoms with Crippen LogP contribution in [0.4, 0.5) is 0 Å². The molecule has 16 heavy (non-hydrogen) atoms. The van der Waals surface area contributed by atoms with Gasteiger partial charge in [0.2, 0.25) is 0 Å². The maximum Gasteiger partial charge on any atom is 0.389 e. The molecule has 98 valence electrons. The lowest BCUT2D eigenvalue weighted by Crippen LogP contribution is -2.35. The van der Waals surface area contributed by atoms with E-state index in [1.54, 1.807) is 0 Å². The predicted octanol–water partition coefficient (Wildman–Crippen LogP) is 3.00. The zero-order chi connectivity index (χ0) is 12.7. The van der Waals surface area contributed by atoms with Crippen LogP contribution in [0.15, 0.2) is 0 Å². The Balaban J connectivity index is 3.90. The van der Waals surface area contributed by atoms with Gasteiger partial charge in [-0.15, -0.1) is 0 Å². The van der Waals surface area contributed by atoms with Crippen LogP contribution in [0.2, 0.25) is 0 Å². The van der Waals surface area contributed by atoms with Gasteiger partial charge in [-0.2, -0.15) is 0 Å². The number of hydrogen-bond donors (Lipinski definition) is 0. The minimum absolute atomic E-state index is 0.430. The molecule has 0 atom stereocenters. The van der Waals surface area contributed by atoms with Gasteiger partial charge in [0, 0.05) is 12.2 Å². The average molecular weight is 270 g/mol. The molecule has 0 aliphatic carbocycles. The van der Waals surface area contributed by atoms with Crippen LogP contribution in [-0.4, -0.2) is 51.1 Å². The summed E-state index contributed by atoms with van der Waals surface area (Å²) in [5.74, 6) is 0.812. The molecule has 0 saturated carbocycles. The Labute approximate surface area is 104 Å². The van der Waals surface area contributed by atoms with E-state index in [4.69, 9.17) is 9.05 Å². The van der Waals surface area contributed by atoms with E-state index in [1.165, 1.54) is 11.4 Å². The Morgan fingerprint density at radius 1 is 1.12 bits per heavy atom. The van der Waals surface area contributed by atoms with Crippen LogP contribution in [-0.2, 0) is 13.6 Å². The van der Waals surface area contributed by atoms with E-state index in [1.807, 2.05) is 13.8 Å². The fourth-order valence-electron chi connectivity index (χ4n) is 1.14. The summed E-state index contributed by atoms with van der Waals surface area (Å²) in [5, 5.41) is 0. The summed E-state index contributed by atoms with van der Waals surface area (Å²) in [7, 11) is 6.44. The van der Waals surface area contributed by atoms with Gasteiger partial charge in [-0.1, -0.05) is 0 Å². The molecule has 0 aromatic rings. The Morgan fingerprint density at radius 3 is 2.00 bits per heavy atom. The molecule has 0 heterocycles. The van der Waals surface area contributed by atoms with E-state index < -0.39 is 6.80 Å². The molecule has 0 N–H and O–H groups in total. The first-order valence-electron chi connectivity index (χ1n) is 5.67. The van der Waals surface area contributed by atoms with Gasteiger partial charge in [0.25, 0.3) is 0 Å². The molecular formula is C10H25NO3PS+. The summed E-state index contributed by atoms with van der Waals surface area (Å²) in [6.45, 7) is 2.69. The van der Waals surface area contributed by atoms with Crippen LogP contribution < -0.4 is 0 Å². The minimum Gasteiger partial charge on any atom is -0.331 e. The highest BCUT2D eigenvalue weighted by atomic mass is 32.7. The van der Waals surface area contributed by atoms with E-state index in [9.17, 15) is 4.57 Å². The normalized spacial score (nSPS) is 13.1. The molecule has 4 nitrogen and oxygen atoms in total. The molecule has 0 aliphatic rings. The molecule has 0 bridgehead atoms.